The fourth-order valence-corrected chi connectivity index (χ4v) is 3.60. The van der Waals surface area contributed by atoms with Gasteiger partial charge in [0, 0.05) is 6.04 Å². The number of fused-ring (bicyclic) bond motifs is 1. The van der Waals surface area contributed by atoms with Crippen LogP contribution in [0, 0.1) is 5.92 Å². The van der Waals surface area contributed by atoms with Gasteiger partial charge in [-0.15, -0.1) is 0 Å². The van der Waals surface area contributed by atoms with Gasteiger partial charge in [-0.1, -0.05) is 25.8 Å². The monoisotopic (exact) mass is 289 g/mol. The molecule has 0 saturated heterocycles. The number of carboxylic acids is 1. The number of carbonyl (C=O) groups is 1. The first kappa shape index (κ1) is 14.2. The highest BCUT2D eigenvalue weighted by molar-refractivity contribution is 5.93. The largest absolute Gasteiger partial charge is 0.489 e. The molecule has 4 nitrogen and oxygen atoms in total. The summed E-state index contributed by atoms with van der Waals surface area (Å²) in [5, 5.41) is 9.32. The predicted octanol–water partition coefficient (Wildman–Crippen LogP) is 3.55. The van der Waals surface area contributed by atoms with Crippen LogP contribution in [0.1, 0.15) is 49.4 Å². The summed E-state index contributed by atoms with van der Waals surface area (Å²) in [4.78, 5) is 13.7. The van der Waals surface area contributed by atoms with Crippen LogP contribution in [0.5, 0.6) is 5.75 Å². The first-order chi connectivity index (χ1) is 10.2. The first-order valence-corrected chi connectivity index (χ1v) is 7.92. The Morgan fingerprint density at radius 1 is 1.29 bits per heavy atom. The van der Waals surface area contributed by atoms with Gasteiger partial charge in [0.2, 0.25) is 0 Å². The second kappa shape index (κ2) is 5.96. The van der Waals surface area contributed by atoms with Gasteiger partial charge in [-0.25, -0.2) is 4.79 Å². The Hall–Kier alpha value is -1.71. The summed E-state index contributed by atoms with van der Waals surface area (Å²) in [7, 11) is 0. The number of hydrogen-bond donors (Lipinski definition) is 1. The minimum atomic E-state index is -0.914. The van der Waals surface area contributed by atoms with Gasteiger partial charge in [-0.05, 0) is 37.3 Å². The fourth-order valence-electron chi connectivity index (χ4n) is 3.60. The minimum absolute atomic E-state index is 0.277. The molecule has 1 heterocycles. The van der Waals surface area contributed by atoms with Crippen molar-refractivity contribution in [3.63, 3.8) is 0 Å². The average Bonchev–Trinajstić information content (AvgIpc) is 2.70. The molecular weight excluding hydrogens is 266 g/mol. The lowest BCUT2D eigenvalue weighted by atomic mass is 10.0. The zero-order chi connectivity index (χ0) is 14.8. The molecule has 0 radical (unpaired) electrons. The second-order valence-electron chi connectivity index (χ2n) is 6.27. The van der Waals surface area contributed by atoms with E-state index in [1.54, 1.807) is 6.07 Å². The summed E-state index contributed by atoms with van der Waals surface area (Å²) in [6, 6.07) is 5.96. The maximum absolute atomic E-state index is 11.4. The number of aromatic carboxylic acids is 1. The lowest BCUT2D eigenvalue weighted by molar-refractivity contribution is 0.0692. The van der Waals surface area contributed by atoms with Crippen LogP contribution in [0.4, 0.5) is 5.69 Å². The molecule has 2 atom stereocenters. The van der Waals surface area contributed by atoms with Crippen LogP contribution in [0.15, 0.2) is 18.2 Å². The highest BCUT2D eigenvalue weighted by atomic mass is 16.5. The highest BCUT2D eigenvalue weighted by Crippen LogP contribution is 2.38. The van der Waals surface area contributed by atoms with E-state index in [4.69, 9.17) is 4.74 Å². The van der Waals surface area contributed by atoms with Gasteiger partial charge in [-0.3, -0.25) is 0 Å². The van der Waals surface area contributed by atoms with E-state index in [1.165, 1.54) is 32.1 Å². The normalized spacial score (nSPS) is 25.7. The fraction of sp³-hybridized carbons (Fsp3) is 0.588. The maximum Gasteiger partial charge on any atom is 0.339 e. The smallest absolute Gasteiger partial charge is 0.339 e. The minimum Gasteiger partial charge on any atom is -0.489 e. The first-order valence-electron chi connectivity index (χ1n) is 7.92. The van der Waals surface area contributed by atoms with Crippen molar-refractivity contribution in [2.75, 3.05) is 18.1 Å². The van der Waals surface area contributed by atoms with Crippen LogP contribution >= 0.6 is 0 Å². The molecule has 1 N–H and O–H groups in total. The molecule has 0 aromatic heterocycles. The number of para-hydroxylation sites is 1. The Balaban J connectivity index is 1.90. The van der Waals surface area contributed by atoms with E-state index in [0.29, 0.717) is 18.4 Å². The van der Waals surface area contributed by atoms with Gasteiger partial charge in [0.05, 0.1) is 12.2 Å². The van der Waals surface area contributed by atoms with Crippen molar-refractivity contribution in [3.05, 3.63) is 23.8 Å². The Labute approximate surface area is 125 Å². The maximum atomic E-state index is 11.4. The van der Waals surface area contributed by atoms with Crippen LogP contribution in [-0.4, -0.2) is 30.3 Å². The van der Waals surface area contributed by atoms with Crippen LogP contribution in [0.2, 0.25) is 0 Å². The van der Waals surface area contributed by atoms with Gasteiger partial charge < -0.3 is 14.7 Å². The number of benzene rings is 1. The summed E-state index contributed by atoms with van der Waals surface area (Å²) >= 11 is 0. The third-order valence-corrected chi connectivity index (χ3v) is 4.78. The van der Waals surface area contributed by atoms with Crippen molar-refractivity contribution in [1.29, 1.82) is 0 Å². The van der Waals surface area contributed by atoms with Crippen molar-refractivity contribution in [3.8, 4) is 5.75 Å². The highest BCUT2D eigenvalue weighted by Gasteiger charge is 2.29. The van der Waals surface area contributed by atoms with Crippen molar-refractivity contribution >= 4 is 11.7 Å². The molecule has 1 fully saturated rings. The number of carboxylic acid groups (broad SMARTS) is 1. The number of hydrogen-bond acceptors (Lipinski definition) is 3. The SMILES string of the molecule is CC1CCCC(N2CCOc3c(C(=O)O)cccc32)CC1. The standard InChI is InChI=1S/C17H23NO3/c1-12-4-2-5-13(9-8-12)18-10-11-21-16-14(17(19)20)6-3-7-15(16)18/h3,6-7,12-13H,2,4-5,8-11H2,1H3,(H,19,20). The molecule has 1 aliphatic carbocycles. The molecule has 1 aliphatic heterocycles. The van der Waals surface area contributed by atoms with Crippen molar-refractivity contribution in [2.24, 2.45) is 5.92 Å². The third kappa shape index (κ3) is 2.85. The molecule has 0 amide bonds. The average molecular weight is 289 g/mol. The van der Waals surface area contributed by atoms with E-state index in [9.17, 15) is 9.90 Å². The van der Waals surface area contributed by atoms with Crippen LogP contribution in [0.25, 0.3) is 0 Å². The van der Waals surface area contributed by atoms with E-state index < -0.39 is 5.97 Å². The number of rotatable bonds is 2. The molecule has 2 unspecified atom stereocenters. The van der Waals surface area contributed by atoms with Crippen molar-refractivity contribution in [1.82, 2.24) is 0 Å². The number of anilines is 1. The van der Waals surface area contributed by atoms with Gasteiger partial charge >= 0.3 is 5.97 Å². The molecular formula is C17H23NO3. The molecule has 4 heteroatoms. The number of ether oxygens (including phenoxy) is 1. The molecule has 0 bridgehead atoms. The summed E-state index contributed by atoms with van der Waals surface area (Å²) in [6.07, 6.45) is 6.22. The zero-order valence-electron chi connectivity index (χ0n) is 12.5. The summed E-state index contributed by atoms with van der Waals surface area (Å²) in [5.41, 5.74) is 1.24. The Morgan fingerprint density at radius 3 is 2.95 bits per heavy atom. The van der Waals surface area contributed by atoms with Crippen LogP contribution < -0.4 is 9.64 Å². The van der Waals surface area contributed by atoms with Crippen LogP contribution in [0.3, 0.4) is 0 Å². The zero-order valence-corrected chi connectivity index (χ0v) is 12.5. The molecule has 2 aliphatic rings. The van der Waals surface area contributed by atoms with Gasteiger partial charge in [0.25, 0.3) is 0 Å². The lowest BCUT2D eigenvalue weighted by Crippen LogP contribution is -2.41. The van der Waals surface area contributed by atoms with Crippen LogP contribution in [-0.2, 0) is 0 Å². The van der Waals surface area contributed by atoms with Crippen molar-refractivity contribution < 1.29 is 14.6 Å². The van der Waals surface area contributed by atoms with Gasteiger partial charge in [0.15, 0.2) is 5.75 Å². The Morgan fingerprint density at radius 2 is 2.14 bits per heavy atom. The molecule has 21 heavy (non-hydrogen) atoms. The quantitative estimate of drug-likeness (QED) is 0.846. The Kier molecular flexibility index (Phi) is 4.04. The third-order valence-electron chi connectivity index (χ3n) is 4.78. The molecule has 1 aromatic rings. The summed E-state index contributed by atoms with van der Waals surface area (Å²) in [6.45, 7) is 3.76. The van der Waals surface area contributed by atoms with E-state index in [2.05, 4.69) is 11.8 Å². The van der Waals surface area contributed by atoms with Gasteiger partial charge in [-0.2, -0.15) is 0 Å². The molecule has 1 saturated carbocycles. The number of nitrogens with zero attached hydrogens (tertiary/aromatic N) is 1. The summed E-state index contributed by atoms with van der Waals surface area (Å²) < 4.78 is 5.67. The van der Waals surface area contributed by atoms with E-state index in [-0.39, 0.29) is 5.56 Å². The lowest BCUT2D eigenvalue weighted by Gasteiger charge is -2.38. The molecule has 114 valence electrons. The topological polar surface area (TPSA) is 49.8 Å². The predicted molar refractivity (Wildman–Crippen MR) is 82.3 cm³/mol. The van der Waals surface area contributed by atoms with E-state index >= 15 is 0 Å². The molecule has 0 spiro atoms. The second-order valence-corrected chi connectivity index (χ2v) is 6.27. The molecule has 3 rings (SSSR count). The van der Waals surface area contributed by atoms with Crippen molar-refractivity contribution in [2.45, 2.75) is 45.1 Å². The Bertz CT molecular complexity index is 529. The van der Waals surface area contributed by atoms with E-state index in [1.807, 2.05) is 12.1 Å². The summed E-state index contributed by atoms with van der Waals surface area (Å²) in [5.74, 6) is 0.442. The molecule has 1 aromatic carbocycles. The van der Waals surface area contributed by atoms with Gasteiger partial charge in [0.1, 0.15) is 12.2 Å². The van der Waals surface area contributed by atoms with E-state index in [0.717, 1.165) is 18.2 Å².